The summed E-state index contributed by atoms with van der Waals surface area (Å²) in [6.45, 7) is 0.837. The second-order valence-electron chi connectivity index (χ2n) is 5.15. The van der Waals surface area contributed by atoms with Gasteiger partial charge in [-0.15, -0.1) is 12.4 Å². The molecule has 1 aromatic rings. The van der Waals surface area contributed by atoms with Crippen LogP contribution in [0, 0.1) is 0 Å². The molecule has 0 radical (unpaired) electrons. The Hall–Kier alpha value is -1.31. The van der Waals surface area contributed by atoms with Crippen molar-refractivity contribution in [3.63, 3.8) is 0 Å². The number of hydrogen-bond donors (Lipinski definition) is 2. The minimum atomic E-state index is -4.39. The van der Waals surface area contributed by atoms with Crippen LogP contribution in [0.4, 0.5) is 13.2 Å². The number of carbonyl (C=O) groups is 1. The van der Waals surface area contributed by atoms with E-state index in [2.05, 4.69) is 5.32 Å². The number of rotatable bonds is 3. The van der Waals surface area contributed by atoms with E-state index in [-0.39, 0.29) is 24.9 Å². The predicted octanol–water partition coefficient (Wildman–Crippen LogP) is 2.25. The van der Waals surface area contributed by atoms with Gasteiger partial charge in [-0.2, -0.15) is 13.2 Å². The van der Waals surface area contributed by atoms with E-state index >= 15 is 0 Å². The third-order valence-electron chi connectivity index (χ3n) is 3.54. The number of carbonyl (C=O) groups excluding carboxylic acids is 1. The molecule has 1 aliphatic rings. The molecule has 1 aromatic carbocycles. The van der Waals surface area contributed by atoms with Crippen molar-refractivity contribution < 1.29 is 22.7 Å². The van der Waals surface area contributed by atoms with Crippen LogP contribution >= 0.6 is 12.4 Å². The van der Waals surface area contributed by atoms with Crippen LogP contribution in [0.25, 0.3) is 0 Å². The molecule has 0 saturated carbocycles. The first-order valence-electron chi connectivity index (χ1n) is 6.62. The van der Waals surface area contributed by atoms with Crippen molar-refractivity contribution in [2.45, 2.75) is 31.1 Å². The molecule has 0 aliphatic carbocycles. The summed E-state index contributed by atoms with van der Waals surface area (Å²) in [6, 6.07) is 4.86. The fraction of sp³-hybridized carbons (Fsp3) is 0.500. The lowest BCUT2D eigenvalue weighted by atomic mass is 9.90. The standard InChI is InChI=1S/C14H17F3N2O2.ClH/c15-14(16,17)11-3-1-2-10(8-11)9-19-12(20)13(18)4-6-21-7-5-13;/h1-3,8H,4-7,9,18H2,(H,19,20);1H. The Morgan fingerprint density at radius 3 is 2.55 bits per heavy atom. The van der Waals surface area contributed by atoms with Crippen molar-refractivity contribution in [3.8, 4) is 0 Å². The third kappa shape index (κ3) is 4.59. The zero-order chi connectivity index (χ0) is 15.5. The Labute approximate surface area is 132 Å². The maximum absolute atomic E-state index is 12.6. The highest BCUT2D eigenvalue weighted by atomic mass is 35.5. The molecule has 1 fully saturated rings. The Kier molecular flexibility index (Phi) is 6.22. The number of alkyl halides is 3. The summed E-state index contributed by atoms with van der Waals surface area (Å²) in [5, 5.41) is 2.60. The Bertz CT molecular complexity index is 517. The molecule has 1 aliphatic heterocycles. The summed E-state index contributed by atoms with van der Waals surface area (Å²) in [6.07, 6.45) is -3.58. The van der Waals surface area contributed by atoms with Gasteiger partial charge in [0.2, 0.25) is 5.91 Å². The second kappa shape index (κ2) is 7.30. The molecule has 1 amide bonds. The molecule has 2 rings (SSSR count). The minimum Gasteiger partial charge on any atom is -0.381 e. The van der Waals surface area contributed by atoms with E-state index in [1.54, 1.807) is 0 Å². The largest absolute Gasteiger partial charge is 0.416 e. The van der Waals surface area contributed by atoms with Gasteiger partial charge in [0.1, 0.15) is 0 Å². The van der Waals surface area contributed by atoms with Crippen LogP contribution in [-0.2, 0) is 22.3 Å². The molecule has 1 saturated heterocycles. The average Bonchev–Trinajstić information content (AvgIpc) is 2.45. The van der Waals surface area contributed by atoms with E-state index in [0.29, 0.717) is 31.6 Å². The topological polar surface area (TPSA) is 64.4 Å². The average molecular weight is 339 g/mol. The maximum Gasteiger partial charge on any atom is 0.416 e. The molecule has 0 bridgehead atoms. The van der Waals surface area contributed by atoms with E-state index < -0.39 is 17.3 Å². The van der Waals surface area contributed by atoms with E-state index in [0.717, 1.165) is 12.1 Å². The smallest absolute Gasteiger partial charge is 0.381 e. The highest BCUT2D eigenvalue weighted by molar-refractivity contribution is 5.86. The van der Waals surface area contributed by atoms with Gasteiger partial charge in [-0.05, 0) is 30.5 Å². The van der Waals surface area contributed by atoms with Gasteiger partial charge in [0.05, 0.1) is 11.1 Å². The summed E-state index contributed by atoms with van der Waals surface area (Å²) in [4.78, 5) is 12.1. The molecular weight excluding hydrogens is 321 g/mol. The van der Waals surface area contributed by atoms with Crippen LogP contribution in [-0.4, -0.2) is 24.7 Å². The van der Waals surface area contributed by atoms with Gasteiger partial charge in [-0.1, -0.05) is 12.1 Å². The summed E-state index contributed by atoms with van der Waals surface area (Å²) in [5.41, 5.74) is 4.64. The Morgan fingerprint density at radius 1 is 1.32 bits per heavy atom. The Balaban J connectivity index is 0.00000242. The molecule has 22 heavy (non-hydrogen) atoms. The molecule has 0 spiro atoms. The number of nitrogens with two attached hydrogens (primary N) is 1. The van der Waals surface area contributed by atoms with Crippen LogP contribution in [0.2, 0.25) is 0 Å². The summed E-state index contributed by atoms with van der Waals surface area (Å²) in [5.74, 6) is -0.358. The fourth-order valence-electron chi connectivity index (χ4n) is 2.18. The molecule has 8 heteroatoms. The van der Waals surface area contributed by atoms with E-state index in [4.69, 9.17) is 10.5 Å². The van der Waals surface area contributed by atoms with Gasteiger partial charge in [-0.3, -0.25) is 4.79 Å². The molecule has 0 aromatic heterocycles. The first kappa shape index (κ1) is 18.7. The van der Waals surface area contributed by atoms with Crippen LogP contribution in [0.15, 0.2) is 24.3 Å². The number of ether oxygens (including phenoxy) is 1. The minimum absolute atomic E-state index is 0. The molecule has 1 heterocycles. The lowest BCUT2D eigenvalue weighted by molar-refractivity contribution is -0.137. The quantitative estimate of drug-likeness (QED) is 0.888. The molecule has 124 valence electrons. The molecule has 0 unspecified atom stereocenters. The molecular formula is C14H18ClF3N2O2. The van der Waals surface area contributed by atoms with Gasteiger partial charge in [0, 0.05) is 19.8 Å². The summed E-state index contributed by atoms with van der Waals surface area (Å²) in [7, 11) is 0. The predicted molar refractivity (Wildman–Crippen MR) is 77.5 cm³/mol. The van der Waals surface area contributed by atoms with E-state index in [1.807, 2.05) is 0 Å². The molecule has 0 atom stereocenters. The van der Waals surface area contributed by atoms with Crippen molar-refractivity contribution >= 4 is 18.3 Å². The summed E-state index contributed by atoms with van der Waals surface area (Å²) < 4.78 is 42.9. The number of hydrogen-bond acceptors (Lipinski definition) is 3. The normalized spacial score (nSPS) is 17.5. The number of halogens is 4. The Morgan fingerprint density at radius 2 is 1.95 bits per heavy atom. The lowest BCUT2D eigenvalue weighted by Gasteiger charge is -2.31. The summed E-state index contributed by atoms with van der Waals surface area (Å²) >= 11 is 0. The number of amides is 1. The first-order valence-corrected chi connectivity index (χ1v) is 6.62. The monoisotopic (exact) mass is 338 g/mol. The van der Waals surface area contributed by atoms with Gasteiger partial charge < -0.3 is 15.8 Å². The van der Waals surface area contributed by atoms with Gasteiger partial charge in [0.25, 0.3) is 0 Å². The van der Waals surface area contributed by atoms with Crippen molar-refractivity contribution in [1.82, 2.24) is 5.32 Å². The van der Waals surface area contributed by atoms with E-state index in [1.165, 1.54) is 12.1 Å². The van der Waals surface area contributed by atoms with Crippen LogP contribution < -0.4 is 11.1 Å². The highest BCUT2D eigenvalue weighted by Gasteiger charge is 2.35. The van der Waals surface area contributed by atoms with Crippen molar-refractivity contribution in [2.75, 3.05) is 13.2 Å². The zero-order valence-corrected chi connectivity index (χ0v) is 12.6. The number of nitrogens with one attached hydrogen (secondary N) is 1. The second-order valence-corrected chi connectivity index (χ2v) is 5.15. The van der Waals surface area contributed by atoms with E-state index in [9.17, 15) is 18.0 Å². The fourth-order valence-corrected chi connectivity index (χ4v) is 2.18. The van der Waals surface area contributed by atoms with Gasteiger partial charge in [-0.25, -0.2) is 0 Å². The van der Waals surface area contributed by atoms with Crippen LogP contribution in [0.3, 0.4) is 0 Å². The van der Waals surface area contributed by atoms with Crippen molar-refractivity contribution in [3.05, 3.63) is 35.4 Å². The third-order valence-corrected chi connectivity index (χ3v) is 3.54. The highest BCUT2D eigenvalue weighted by Crippen LogP contribution is 2.29. The molecule has 3 N–H and O–H groups in total. The SMILES string of the molecule is Cl.NC1(C(=O)NCc2cccc(C(F)(F)F)c2)CCOCC1. The van der Waals surface area contributed by atoms with Gasteiger partial charge >= 0.3 is 6.18 Å². The van der Waals surface area contributed by atoms with Crippen molar-refractivity contribution in [1.29, 1.82) is 0 Å². The first-order chi connectivity index (χ1) is 9.81. The lowest BCUT2D eigenvalue weighted by Crippen LogP contribution is -2.56. The zero-order valence-electron chi connectivity index (χ0n) is 11.8. The van der Waals surface area contributed by atoms with Gasteiger partial charge in [0.15, 0.2) is 0 Å². The van der Waals surface area contributed by atoms with Crippen molar-refractivity contribution in [2.24, 2.45) is 5.73 Å². The number of benzene rings is 1. The maximum atomic E-state index is 12.6. The molecule has 4 nitrogen and oxygen atoms in total. The van der Waals surface area contributed by atoms with Crippen LogP contribution in [0.5, 0.6) is 0 Å². The van der Waals surface area contributed by atoms with Crippen LogP contribution in [0.1, 0.15) is 24.0 Å².